The van der Waals surface area contributed by atoms with Gasteiger partial charge in [0.15, 0.2) is 0 Å². The number of alkyl halides is 3. The number of thioether (sulfide) groups is 1. The molecule has 0 fully saturated rings. The third-order valence-corrected chi connectivity index (χ3v) is 2.69. The Morgan fingerprint density at radius 2 is 1.88 bits per heavy atom. The lowest BCUT2D eigenvalue weighted by Crippen LogP contribution is -2.05. The molecule has 1 aromatic rings. The summed E-state index contributed by atoms with van der Waals surface area (Å²) in [5, 5.41) is 0. The van der Waals surface area contributed by atoms with E-state index in [4.69, 9.17) is 4.74 Å². The number of rotatable bonds is 4. The van der Waals surface area contributed by atoms with Crippen molar-refractivity contribution in [1.29, 1.82) is 0 Å². The SMILES string of the molecule is CCOc1cc(SCC)cc(C(F)(F)F)c1. The molecule has 0 aliphatic heterocycles. The van der Waals surface area contributed by atoms with E-state index in [0.29, 0.717) is 11.5 Å². The highest BCUT2D eigenvalue weighted by Crippen LogP contribution is 2.35. The van der Waals surface area contributed by atoms with Crippen LogP contribution in [0.1, 0.15) is 19.4 Å². The maximum Gasteiger partial charge on any atom is 0.416 e. The minimum absolute atomic E-state index is 0.272. The van der Waals surface area contributed by atoms with E-state index in [1.165, 1.54) is 11.8 Å². The number of hydrogen-bond donors (Lipinski definition) is 0. The zero-order valence-electron chi connectivity index (χ0n) is 9.10. The molecule has 0 saturated carbocycles. The predicted molar refractivity (Wildman–Crippen MR) is 59.0 cm³/mol. The van der Waals surface area contributed by atoms with Crippen LogP contribution in [0.15, 0.2) is 23.1 Å². The molecular formula is C11H13F3OS. The summed E-state index contributed by atoms with van der Waals surface area (Å²) < 4.78 is 42.8. The van der Waals surface area contributed by atoms with Crippen LogP contribution in [-0.4, -0.2) is 12.4 Å². The number of hydrogen-bond acceptors (Lipinski definition) is 2. The first kappa shape index (κ1) is 13.2. The first-order valence-corrected chi connectivity index (χ1v) is 5.93. The van der Waals surface area contributed by atoms with E-state index in [1.807, 2.05) is 6.92 Å². The molecule has 0 radical (unpaired) electrons. The Kier molecular flexibility index (Phi) is 4.53. The second kappa shape index (κ2) is 5.48. The second-order valence-electron chi connectivity index (χ2n) is 3.06. The number of benzene rings is 1. The first-order chi connectivity index (χ1) is 7.47. The van der Waals surface area contributed by atoms with E-state index in [-0.39, 0.29) is 5.75 Å². The predicted octanol–water partition coefficient (Wildman–Crippen LogP) is 4.22. The quantitative estimate of drug-likeness (QED) is 0.740. The summed E-state index contributed by atoms with van der Waals surface area (Å²) in [6.45, 7) is 4.00. The van der Waals surface area contributed by atoms with Crippen LogP contribution in [0.25, 0.3) is 0 Å². The van der Waals surface area contributed by atoms with Crippen molar-refractivity contribution in [3.05, 3.63) is 23.8 Å². The van der Waals surface area contributed by atoms with Gasteiger partial charge in [0.1, 0.15) is 5.75 Å². The van der Waals surface area contributed by atoms with Gasteiger partial charge in [0.05, 0.1) is 12.2 Å². The molecule has 0 heterocycles. The minimum atomic E-state index is -4.32. The van der Waals surface area contributed by atoms with Crippen molar-refractivity contribution >= 4 is 11.8 Å². The van der Waals surface area contributed by atoms with Gasteiger partial charge in [0.2, 0.25) is 0 Å². The van der Waals surface area contributed by atoms with Crippen LogP contribution in [0.2, 0.25) is 0 Å². The average Bonchev–Trinajstić information content (AvgIpc) is 2.17. The van der Waals surface area contributed by atoms with Gasteiger partial charge in [0, 0.05) is 4.90 Å². The lowest BCUT2D eigenvalue weighted by atomic mass is 10.2. The zero-order valence-corrected chi connectivity index (χ0v) is 9.91. The fraction of sp³-hybridized carbons (Fsp3) is 0.455. The molecule has 1 nitrogen and oxygen atoms in total. The van der Waals surface area contributed by atoms with E-state index >= 15 is 0 Å². The van der Waals surface area contributed by atoms with E-state index in [1.54, 1.807) is 13.0 Å². The van der Waals surface area contributed by atoms with Gasteiger partial charge in [-0.25, -0.2) is 0 Å². The highest BCUT2D eigenvalue weighted by atomic mass is 32.2. The molecule has 0 aliphatic carbocycles. The lowest BCUT2D eigenvalue weighted by Gasteiger charge is -2.11. The Labute approximate surface area is 97.0 Å². The molecule has 90 valence electrons. The summed E-state index contributed by atoms with van der Waals surface area (Å²) in [5.41, 5.74) is -0.658. The summed E-state index contributed by atoms with van der Waals surface area (Å²) >= 11 is 1.37. The summed E-state index contributed by atoms with van der Waals surface area (Å²) in [4.78, 5) is 0.584. The van der Waals surface area contributed by atoms with Crippen LogP contribution in [0.4, 0.5) is 13.2 Å². The zero-order chi connectivity index (χ0) is 12.2. The van der Waals surface area contributed by atoms with Gasteiger partial charge in [-0.2, -0.15) is 13.2 Å². The molecule has 0 saturated heterocycles. The molecule has 0 atom stereocenters. The molecule has 0 amide bonds. The Morgan fingerprint density at radius 1 is 1.19 bits per heavy atom. The fourth-order valence-electron chi connectivity index (χ4n) is 1.24. The van der Waals surface area contributed by atoms with E-state index in [9.17, 15) is 13.2 Å². The van der Waals surface area contributed by atoms with Crippen molar-refractivity contribution in [2.45, 2.75) is 24.9 Å². The Hall–Kier alpha value is -0.840. The molecule has 16 heavy (non-hydrogen) atoms. The minimum Gasteiger partial charge on any atom is -0.494 e. The van der Waals surface area contributed by atoms with Gasteiger partial charge in [-0.1, -0.05) is 6.92 Å². The molecule has 0 bridgehead atoms. The van der Waals surface area contributed by atoms with Crippen LogP contribution >= 0.6 is 11.8 Å². The third-order valence-electron chi connectivity index (χ3n) is 1.83. The van der Waals surface area contributed by atoms with Crippen LogP contribution in [0.3, 0.4) is 0 Å². The highest BCUT2D eigenvalue weighted by Gasteiger charge is 2.31. The van der Waals surface area contributed by atoms with Crippen LogP contribution in [-0.2, 0) is 6.18 Å². The normalized spacial score (nSPS) is 11.6. The molecule has 1 rings (SSSR count). The summed E-state index contributed by atoms with van der Waals surface area (Å²) in [7, 11) is 0. The van der Waals surface area contributed by atoms with Crippen molar-refractivity contribution < 1.29 is 17.9 Å². The van der Waals surface area contributed by atoms with E-state index in [0.717, 1.165) is 17.9 Å². The molecule has 5 heteroatoms. The van der Waals surface area contributed by atoms with Crippen LogP contribution in [0, 0.1) is 0 Å². The van der Waals surface area contributed by atoms with Crippen LogP contribution < -0.4 is 4.74 Å². The van der Waals surface area contributed by atoms with Gasteiger partial charge >= 0.3 is 6.18 Å². The molecule has 0 aliphatic rings. The third kappa shape index (κ3) is 3.63. The standard InChI is InChI=1S/C11H13F3OS/c1-3-15-9-5-8(11(12,13)14)6-10(7-9)16-4-2/h5-7H,3-4H2,1-2H3. The monoisotopic (exact) mass is 250 g/mol. The smallest absolute Gasteiger partial charge is 0.416 e. The largest absolute Gasteiger partial charge is 0.494 e. The Bertz CT molecular complexity index is 325. The maximum atomic E-state index is 12.6. The lowest BCUT2D eigenvalue weighted by molar-refractivity contribution is -0.137. The molecule has 1 aromatic carbocycles. The van der Waals surface area contributed by atoms with E-state index < -0.39 is 11.7 Å². The fourth-order valence-corrected chi connectivity index (χ4v) is 1.98. The molecule has 0 N–H and O–H groups in total. The number of halogens is 3. The summed E-state index contributed by atoms with van der Waals surface area (Å²) in [6.07, 6.45) is -4.32. The topological polar surface area (TPSA) is 9.23 Å². The van der Waals surface area contributed by atoms with E-state index in [2.05, 4.69) is 0 Å². The molecule has 0 unspecified atom stereocenters. The number of ether oxygens (including phenoxy) is 1. The van der Waals surface area contributed by atoms with Gasteiger partial charge in [-0.05, 0) is 30.9 Å². The average molecular weight is 250 g/mol. The Balaban J connectivity index is 3.08. The van der Waals surface area contributed by atoms with Gasteiger partial charge in [-0.15, -0.1) is 11.8 Å². The van der Waals surface area contributed by atoms with Crippen molar-refractivity contribution in [3.63, 3.8) is 0 Å². The maximum absolute atomic E-state index is 12.6. The Morgan fingerprint density at radius 3 is 2.38 bits per heavy atom. The van der Waals surface area contributed by atoms with Crippen molar-refractivity contribution in [3.8, 4) is 5.75 Å². The molecule has 0 aromatic heterocycles. The van der Waals surface area contributed by atoms with Crippen molar-refractivity contribution in [2.75, 3.05) is 12.4 Å². The van der Waals surface area contributed by atoms with Gasteiger partial charge < -0.3 is 4.74 Å². The van der Waals surface area contributed by atoms with Gasteiger partial charge in [0.25, 0.3) is 0 Å². The van der Waals surface area contributed by atoms with Gasteiger partial charge in [-0.3, -0.25) is 0 Å². The van der Waals surface area contributed by atoms with Crippen molar-refractivity contribution in [1.82, 2.24) is 0 Å². The second-order valence-corrected chi connectivity index (χ2v) is 4.39. The summed E-state index contributed by atoms with van der Waals surface area (Å²) in [5.74, 6) is 1.00. The highest BCUT2D eigenvalue weighted by molar-refractivity contribution is 7.99. The van der Waals surface area contributed by atoms with Crippen LogP contribution in [0.5, 0.6) is 5.75 Å². The van der Waals surface area contributed by atoms with Crippen molar-refractivity contribution in [2.24, 2.45) is 0 Å². The first-order valence-electron chi connectivity index (χ1n) is 4.95. The molecular weight excluding hydrogens is 237 g/mol. The summed E-state index contributed by atoms with van der Waals surface area (Å²) in [6, 6.07) is 3.81. The molecule has 0 spiro atoms.